The van der Waals surface area contributed by atoms with E-state index in [-0.39, 0.29) is 23.3 Å². The molecule has 1 fully saturated rings. The Labute approximate surface area is 173 Å². The van der Waals surface area contributed by atoms with Gasteiger partial charge in [0.2, 0.25) is 0 Å². The van der Waals surface area contributed by atoms with Crippen molar-refractivity contribution in [2.45, 2.75) is 0 Å². The summed E-state index contributed by atoms with van der Waals surface area (Å²) < 4.78 is 5.17. The Kier molecular flexibility index (Phi) is 4.99. The van der Waals surface area contributed by atoms with Gasteiger partial charge in [0.25, 0.3) is 23.6 Å². The maximum Gasteiger partial charge on any atom is 0.261 e. The molecular weight excluding hydrogens is 386 g/mol. The predicted octanol–water partition coefficient (Wildman–Crippen LogP) is 1.52. The van der Waals surface area contributed by atoms with E-state index in [0.29, 0.717) is 48.6 Å². The summed E-state index contributed by atoms with van der Waals surface area (Å²) in [6.07, 6.45) is 0. The van der Waals surface area contributed by atoms with E-state index < -0.39 is 5.91 Å². The van der Waals surface area contributed by atoms with Crippen molar-refractivity contribution in [2.24, 2.45) is 0 Å². The largest absolute Gasteiger partial charge is 0.497 e. The van der Waals surface area contributed by atoms with E-state index in [0.717, 1.165) is 4.90 Å². The fourth-order valence-electron chi connectivity index (χ4n) is 3.73. The van der Waals surface area contributed by atoms with Crippen LogP contribution in [0.3, 0.4) is 0 Å². The Morgan fingerprint density at radius 3 is 1.97 bits per heavy atom. The topological polar surface area (TPSA) is 87.2 Å². The third kappa shape index (κ3) is 3.30. The minimum atomic E-state index is -0.404. The number of carbonyl (C=O) groups is 4. The molecule has 0 saturated carbocycles. The van der Waals surface area contributed by atoms with Crippen molar-refractivity contribution in [1.82, 2.24) is 14.7 Å². The van der Waals surface area contributed by atoms with Crippen molar-refractivity contribution in [1.29, 1.82) is 0 Å². The fourth-order valence-corrected chi connectivity index (χ4v) is 3.73. The number of carbonyl (C=O) groups excluding carboxylic acids is 4. The van der Waals surface area contributed by atoms with Gasteiger partial charge in [-0.1, -0.05) is 6.07 Å². The van der Waals surface area contributed by atoms with Crippen molar-refractivity contribution in [3.63, 3.8) is 0 Å². The SMILES string of the molecule is COc1cccc(C(=O)N2CCN(C(=O)c3ccc4c(c3)C(=O)N(C)C4=O)CC2)c1. The van der Waals surface area contributed by atoms with Gasteiger partial charge in [0, 0.05) is 44.4 Å². The van der Waals surface area contributed by atoms with Crippen LogP contribution in [0.15, 0.2) is 42.5 Å². The van der Waals surface area contributed by atoms with Gasteiger partial charge in [-0.05, 0) is 36.4 Å². The molecule has 8 nitrogen and oxygen atoms in total. The Morgan fingerprint density at radius 2 is 1.37 bits per heavy atom. The zero-order chi connectivity index (χ0) is 21.4. The highest BCUT2D eigenvalue weighted by Gasteiger charge is 2.34. The average Bonchev–Trinajstić information content (AvgIpc) is 3.01. The zero-order valence-corrected chi connectivity index (χ0v) is 16.8. The molecule has 8 heteroatoms. The number of hydrogen-bond donors (Lipinski definition) is 0. The average molecular weight is 407 g/mol. The molecule has 4 amide bonds. The fraction of sp³-hybridized carbons (Fsp3) is 0.273. The molecule has 4 rings (SSSR count). The summed E-state index contributed by atoms with van der Waals surface area (Å²) in [6.45, 7) is 1.59. The minimum absolute atomic E-state index is 0.106. The normalized spacial score (nSPS) is 16.0. The van der Waals surface area contributed by atoms with Crippen LogP contribution >= 0.6 is 0 Å². The first-order chi connectivity index (χ1) is 14.4. The Morgan fingerprint density at radius 1 is 0.800 bits per heavy atom. The van der Waals surface area contributed by atoms with Crippen LogP contribution in [0.1, 0.15) is 41.4 Å². The van der Waals surface area contributed by atoms with Crippen LogP contribution in [0, 0.1) is 0 Å². The maximum atomic E-state index is 12.9. The summed E-state index contributed by atoms with van der Waals surface area (Å²) in [4.78, 5) is 54.2. The second-order valence-corrected chi connectivity index (χ2v) is 7.25. The lowest BCUT2D eigenvalue weighted by molar-refractivity contribution is 0.0535. The van der Waals surface area contributed by atoms with Crippen molar-refractivity contribution >= 4 is 23.6 Å². The molecule has 0 N–H and O–H groups in total. The zero-order valence-electron chi connectivity index (χ0n) is 16.8. The number of imide groups is 1. The maximum absolute atomic E-state index is 12.9. The van der Waals surface area contributed by atoms with E-state index in [4.69, 9.17) is 4.74 Å². The highest BCUT2D eigenvalue weighted by molar-refractivity contribution is 6.21. The van der Waals surface area contributed by atoms with Crippen molar-refractivity contribution in [3.05, 3.63) is 64.7 Å². The number of fused-ring (bicyclic) bond motifs is 1. The van der Waals surface area contributed by atoms with E-state index in [1.54, 1.807) is 47.2 Å². The molecule has 0 aliphatic carbocycles. The molecule has 0 spiro atoms. The number of hydrogen-bond acceptors (Lipinski definition) is 5. The molecule has 0 aromatic heterocycles. The second kappa shape index (κ2) is 7.62. The molecule has 154 valence electrons. The number of ether oxygens (including phenoxy) is 1. The molecule has 0 unspecified atom stereocenters. The lowest BCUT2D eigenvalue weighted by Crippen LogP contribution is -2.50. The Bertz CT molecular complexity index is 1060. The van der Waals surface area contributed by atoms with Gasteiger partial charge in [0.15, 0.2) is 0 Å². The predicted molar refractivity (Wildman–Crippen MR) is 108 cm³/mol. The number of benzene rings is 2. The third-order valence-corrected chi connectivity index (χ3v) is 5.51. The number of nitrogens with zero attached hydrogens (tertiary/aromatic N) is 3. The monoisotopic (exact) mass is 407 g/mol. The first kappa shape index (κ1) is 19.6. The first-order valence-corrected chi connectivity index (χ1v) is 9.59. The number of amides is 4. The summed E-state index contributed by atoms with van der Waals surface area (Å²) in [6, 6.07) is 11.6. The molecule has 0 atom stereocenters. The van der Waals surface area contributed by atoms with Gasteiger partial charge in [-0.25, -0.2) is 0 Å². The molecule has 2 aromatic carbocycles. The van der Waals surface area contributed by atoms with Crippen LogP contribution < -0.4 is 4.74 Å². The summed E-state index contributed by atoms with van der Waals surface area (Å²) in [5, 5.41) is 0. The van der Waals surface area contributed by atoms with E-state index >= 15 is 0 Å². The van der Waals surface area contributed by atoms with Crippen molar-refractivity contribution < 1.29 is 23.9 Å². The number of methoxy groups -OCH3 is 1. The lowest BCUT2D eigenvalue weighted by atomic mass is 10.0. The van der Waals surface area contributed by atoms with Gasteiger partial charge in [0.05, 0.1) is 18.2 Å². The molecular formula is C22H21N3O5. The third-order valence-electron chi connectivity index (χ3n) is 5.51. The van der Waals surface area contributed by atoms with Crippen LogP contribution in [0.25, 0.3) is 0 Å². The minimum Gasteiger partial charge on any atom is -0.497 e. The molecule has 2 heterocycles. The van der Waals surface area contributed by atoms with Crippen LogP contribution in [0.4, 0.5) is 0 Å². The van der Waals surface area contributed by atoms with Crippen LogP contribution in [-0.4, -0.2) is 78.7 Å². The number of rotatable bonds is 3. The van der Waals surface area contributed by atoms with Crippen molar-refractivity contribution in [2.75, 3.05) is 40.3 Å². The second-order valence-electron chi connectivity index (χ2n) is 7.25. The molecule has 2 aliphatic heterocycles. The summed E-state index contributed by atoms with van der Waals surface area (Å²) in [5.41, 5.74) is 1.46. The van der Waals surface area contributed by atoms with Crippen LogP contribution in [0.2, 0.25) is 0 Å². The van der Waals surface area contributed by atoms with E-state index in [1.165, 1.54) is 19.2 Å². The molecule has 0 radical (unpaired) electrons. The van der Waals surface area contributed by atoms with Gasteiger partial charge in [-0.3, -0.25) is 24.1 Å². The lowest BCUT2D eigenvalue weighted by Gasteiger charge is -2.35. The number of piperazine rings is 1. The Hall–Kier alpha value is -3.68. The van der Waals surface area contributed by atoms with Gasteiger partial charge in [-0.15, -0.1) is 0 Å². The van der Waals surface area contributed by atoms with Gasteiger partial charge < -0.3 is 14.5 Å². The molecule has 2 aromatic rings. The highest BCUT2D eigenvalue weighted by atomic mass is 16.5. The smallest absolute Gasteiger partial charge is 0.261 e. The quantitative estimate of drug-likeness (QED) is 0.720. The summed E-state index contributed by atoms with van der Waals surface area (Å²) in [5.74, 6) is -0.478. The van der Waals surface area contributed by atoms with Crippen LogP contribution in [0.5, 0.6) is 5.75 Å². The van der Waals surface area contributed by atoms with Gasteiger partial charge in [-0.2, -0.15) is 0 Å². The Balaban J connectivity index is 1.43. The standard InChI is InChI=1S/C22H21N3O5/c1-23-21(28)17-7-6-15(13-18(17)22(23)29)20(27)25-10-8-24(9-11-25)19(26)14-4-3-5-16(12-14)30-2/h3-7,12-13H,8-11H2,1-2H3. The van der Waals surface area contributed by atoms with E-state index in [2.05, 4.69) is 0 Å². The van der Waals surface area contributed by atoms with Gasteiger partial charge >= 0.3 is 0 Å². The molecule has 0 bridgehead atoms. The summed E-state index contributed by atoms with van der Waals surface area (Å²) >= 11 is 0. The van der Waals surface area contributed by atoms with Crippen LogP contribution in [-0.2, 0) is 0 Å². The molecule has 30 heavy (non-hydrogen) atoms. The first-order valence-electron chi connectivity index (χ1n) is 9.59. The highest BCUT2D eigenvalue weighted by Crippen LogP contribution is 2.24. The van der Waals surface area contributed by atoms with Crippen molar-refractivity contribution in [3.8, 4) is 5.75 Å². The summed E-state index contributed by atoms with van der Waals surface area (Å²) in [7, 11) is 2.97. The molecule has 2 aliphatic rings. The van der Waals surface area contributed by atoms with E-state index in [9.17, 15) is 19.2 Å². The molecule has 1 saturated heterocycles. The van der Waals surface area contributed by atoms with Gasteiger partial charge in [0.1, 0.15) is 5.75 Å². The van der Waals surface area contributed by atoms with E-state index in [1.807, 2.05) is 0 Å².